The lowest BCUT2D eigenvalue weighted by molar-refractivity contribution is 0.183. The van der Waals surface area contributed by atoms with E-state index >= 15 is 0 Å². The summed E-state index contributed by atoms with van der Waals surface area (Å²) in [6.45, 7) is 3.55. The Labute approximate surface area is 215 Å². The van der Waals surface area contributed by atoms with Crippen molar-refractivity contribution in [2.45, 2.75) is 29.1 Å². The maximum absolute atomic E-state index is 13.9. The fraction of sp³-hybridized carbons (Fsp3) is 0.250. The minimum atomic E-state index is -4.07. The van der Waals surface area contributed by atoms with Crippen molar-refractivity contribution >= 4 is 9.84 Å². The lowest BCUT2D eigenvalue weighted by Crippen LogP contribution is -2.33. The molecule has 3 aromatic carbocycles. The van der Waals surface area contributed by atoms with Crippen molar-refractivity contribution in [2.75, 3.05) is 26.2 Å². The standard InChI is InChI=1S/C28H28N2O6S/c31-22-8-4-20(5-9-22)26-28(27(36-29-26)21-6-10-23(32)11-7-21)37(33,34)25-14-12-24(13-15-25)35-19-18-30-16-2-1-3-17-30/h4-15,31-32H,1-3,16-19H2. The summed E-state index contributed by atoms with van der Waals surface area (Å²) < 4.78 is 39.2. The number of piperidine rings is 1. The van der Waals surface area contributed by atoms with Crippen LogP contribution in [0.15, 0.2) is 87.1 Å². The summed E-state index contributed by atoms with van der Waals surface area (Å²) >= 11 is 0. The van der Waals surface area contributed by atoms with Crippen LogP contribution >= 0.6 is 0 Å². The molecular formula is C28H28N2O6S. The van der Waals surface area contributed by atoms with Gasteiger partial charge in [0.2, 0.25) is 9.84 Å². The summed E-state index contributed by atoms with van der Waals surface area (Å²) in [5.74, 6) is 0.748. The molecule has 0 unspecified atom stereocenters. The van der Waals surface area contributed by atoms with E-state index in [1.54, 1.807) is 36.4 Å². The fourth-order valence-corrected chi connectivity index (χ4v) is 5.98. The van der Waals surface area contributed by atoms with Gasteiger partial charge in [-0.2, -0.15) is 0 Å². The third-order valence-electron chi connectivity index (χ3n) is 6.45. The van der Waals surface area contributed by atoms with Crippen LogP contribution in [0.2, 0.25) is 0 Å². The molecule has 4 aromatic rings. The zero-order valence-electron chi connectivity index (χ0n) is 20.2. The van der Waals surface area contributed by atoms with E-state index in [0.717, 1.165) is 19.6 Å². The Balaban J connectivity index is 1.45. The van der Waals surface area contributed by atoms with E-state index in [1.165, 1.54) is 55.7 Å². The smallest absolute Gasteiger partial charge is 0.212 e. The molecule has 1 aromatic heterocycles. The lowest BCUT2D eigenvalue weighted by atomic mass is 10.1. The van der Waals surface area contributed by atoms with Gasteiger partial charge in [0, 0.05) is 17.7 Å². The van der Waals surface area contributed by atoms with E-state index in [0.29, 0.717) is 23.5 Å². The molecule has 1 saturated heterocycles. The molecule has 0 spiro atoms. The average molecular weight is 521 g/mol. The van der Waals surface area contributed by atoms with Crippen molar-refractivity contribution in [2.24, 2.45) is 0 Å². The van der Waals surface area contributed by atoms with Gasteiger partial charge >= 0.3 is 0 Å². The highest BCUT2D eigenvalue weighted by atomic mass is 32.2. The van der Waals surface area contributed by atoms with Crippen molar-refractivity contribution in [3.63, 3.8) is 0 Å². The number of hydrogen-bond acceptors (Lipinski definition) is 8. The zero-order valence-corrected chi connectivity index (χ0v) is 21.0. The number of nitrogens with zero attached hydrogens (tertiary/aromatic N) is 2. The molecule has 0 saturated carbocycles. The molecule has 1 aliphatic rings. The molecule has 192 valence electrons. The summed E-state index contributed by atoms with van der Waals surface area (Å²) in [7, 11) is -4.07. The van der Waals surface area contributed by atoms with Gasteiger partial charge in [-0.25, -0.2) is 8.42 Å². The van der Waals surface area contributed by atoms with Crippen LogP contribution in [-0.4, -0.2) is 54.9 Å². The quantitative estimate of drug-likeness (QED) is 0.329. The van der Waals surface area contributed by atoms with Crippen LogP contribution in [0.1, 0.15) is 19.3 Å². The van der Waals surface area contributed by atoms with Gasteiger partial charge in [-0.05, 0) is 98.7 Å². The molecular weight excluding hydrogens is 492 g/mol. The van der Waals surface area contributed by atoms with Crippen molar-refractivity contribution in [1.82, 2.24) is 10.1 Å². The minimum Gasteiger partial charge on any atom is -0.508 e. The summed E-state index contributed by atoms with van der Waals surface area (Å²) in [6.07, 6.45) is 3.71. The molecule has 5 rings (SSSR count). The van der Waals surface area contributed by atoms with Crippen LogP contribution in [0.25, 0.3) is 22.6 Å². The Morgan fingerprint density at radius 2 is 1.41 bits per heavy atom. The number of benzene rings is 3. The number of sulfone groups is 1. The van der Waals surface area contributed by atoms with Crippen molar-refractivity contribution in [1.29, 1.82) is 0 Å². The van der Waals surface area contributed by atoms with Gasteiger partial charge in [0.25, 0.3) is 0 Å². The van der Waals surface area contributed by atoms with E-state index in [-0.39, 0.29) is 32.7 Å². The first-order valence-electron chi connectivity index (χ1n) is 12.2. The number of aromatic hydroxyl groups is 2. The second-order valence-corrected chi connectivity index (χ2v) is 10.9. The van der Waals surface area contributed by atoms with Crippen molar-refractivity contribution in [3.05, 3.63) is 72.8 Å². The predicted molar refractivity (Wildman–Crippen MR) is 138 cm³/mol. The zero-order chi connectivity index (χ0) is 25.8. The summed E-state index contributed by atoms with van der Waals surface area (Å²) in [5, 5.41) is 23.4. The molecule has 9 heteroatoms. The maximum Gasteiger partial charge on any atom is 0.212 e. The fourth-order valence-electron chi connectivity index (χ4n) is 4.44. The van der Waals surface area contributed by atoms with Crippen LogP contribution in [0.3, 0.4) is 0 Å². The first-order valence-corrected chi connectivity index (χ1v) is 13.7. The Morgan fingerprint density at radius 1 is 0.811 bits per heavy atom. The Morgan fingerprint density at radius 3 is 2.03 bits per heavy atom. The van der Waals surface area contributed by atoms with Gasteiger partial charge in [-0.15, -0.1) is 0 Å². The number of phenols is 2. The van der Waals surface area contributed by atoms with Gasteiger partial charge in [0.1, 0.15) is 34.4 Å². The van der Waals surface area contributed by atoms with Gasteiger partial charge < -0.3 is 19.5 Å². The topological polar surface area (TPSA) is 113 Å². The van der Waals surface area contributed by atoms with Crippen LogP contribution in [-0.2, 0) is 9.84 Å². The highest BCUT2D eigenvalue weighted by Gasteiger charge is 2.31. The SMILES string of the molecule is O=S(=O)(c1ccc(OCCN2CCCCC2)cc1)c1c(-c2ccc(O)cc2)noc1-c1ccc(O)cc1. The van der Waals surface area contributed by atoms with Gasteiger partial charge in [-0.3, -0.25) is 4.90 Å². The van der Waals surface area contributed by atoms with E-state index in [2.05, 4.69) is 10.1 Å². The number of rotatable bonds is 8. The average Bonchev–Trinajstić information content (AvgIpc) is 3.37. The Bertz CT molecular complexity index is 1380. The van der Waals surface area contributed by atoms with Crippen molar-refractivity contribution < 1.29 is 27.9 Å². The minimum absolute atomic E-state index is 0.0438. The molecule has 1 fully saturated rings. The number of hydrogen-bond donors (Lipinski definition) is 2. The molecule has 0 amide bonds. The molecule has 0 atom stereocenters. The first-order chi connectivity index (χ1) is 17.9. The molecule has 0 bridgehead atoms. The lowest BCUT2D eigenvalue weighted by Gasteiger charge is -2.26. The molecule has 37 heavy (non-hydrogen) atoms. The van der Waals surface area contributed by atoms with E-state index in [4.69, 9.17) is 9.26 Å². The third kappa shape index (κ3) is 5.47. The van der Waals surface area contributed by atoms with Gasteiger partial charge in [0.15, 0.2) is 5.76 Å². The Kier molecular flexibility index (Phi) is 7.16. The van der Waals surface area contributed by atoms with Gasteiger partial charge in [-0.1, -0.05) is 11.6 Å². The molecule has 1 aliphatic heterocycles. The Hall–Kier alpha value is -3.82. The normalized spacial score (nSPS) is 14.5. The van der Waals surface area contributed by atoms with E-state index in [1.807, 2.05) is 0 Å². The monoisotopic (exact) mass is 520 g/mol. The second kappa shape index (κ2) is 10.7. The number of aromatic nitrogens is 1. The molecule has 2 heterocycles. The van der Waals surface area contributed by atoms with Crippen molar-refractivity contribution in [3.8, 4) is 39.8 Å². The van der Waals surface area contributed by atoms with Crippen LogP contribution in [0.5, 0.6) is 17.2 Å². The summed E-state index contributed by atoms with van der Waals surface area (Å²) in [5.41, 5.74) is 1.05. The third-order valence-corrected chi connectivity index (χ3v) is 8.26. The maximum atomic E-state index is 13.9. The van der Waals surface area contributed by atoms with Crippen LogP contribution in [0.4, 0.5) is 0 Å². The van der Waals surface area contributed by atoms with Crippen LogP contribution < -0.4 is 4.74 Å². The molecule has 0 aliphatic carbocycles. The summed E-state index contributed by atoms with van der Waals surface area (Å²) in [4.78, 5) is 2.35. The van der Waals surface area contributed by atoms with Gasteiger partial charge in [0.05, 0.1) is 4.90 Å². The summed E-state index contributed by atoms with van der Waals surface area (Å²) in [6, 6.07) is 18.4. The highest BCUT2D eigenvalue weighted by molar-refractivity contribution is 7.91. The molecule has 8 nitrogen and oxygen atoms in total. The molecule has 0 radical (unpaired) electrons. The largest absolute Gasteiger partial charge is 0.508 e. The van der Waals surface area contributed by atoms with E-state index in [9.17, 15) is 18.6 Å². The number of likely N-dealkylation sites (tertiary alicyclic amines) is 1. The van der Waals surface area contributed by atoms with Crippen LogP contribution in [0, 0.1) is 0 Å². The molecule has 2 N–H and O–H groups in total. The predicted octanol–water partition coefficient (Wildman–Crippen LogP) is 5.12. The highest BCUT2D eigenvalue weighted by Crippen LogP contribution is 2.39. The second-order valence-electron chi connectivity index (χ2n) is 9.01. The van der Waals surface area contributed by atoms with E-state index < -0.39 is 9.84 Å². The number of ether oxygens (including phenoxy) is 1. The first kappa shape index (κ1) is 24.9. The number of phenolic OH excluding ortho intramolecular Hbond substituents is 2.